The molecule has 0 unspecified atom stereocenters. The molecule has 2 rings (SSSR count). The second kappa shape index (κ2) is 12.3. The molecule has 1 fully saturated rings. The third kappa shape index (κ3) is 9.62. The van der Waals surface area contributed by atoms with Gasteiger partial charge >= 0.3 is 6.09 Å². The summed E-state index contributed by atoms with van der Waals surface area (Å²) in [4.78, 5) is 30.4. The van der Waals surface area contributed by atoms with E-state index < -0.39 is 17.2 Å². The van der Waals surface area contributed by atoms with Crippen LogP contribution in [-0.2, 0) is 16.1 Å². The van der Waals surface area contributed by atoms with Gasteiger partial charge in [-0.05, 0) is 65.7 Å². The zero-order chi connectivity index (χ0) is 23.1. The number of hydrogen-bond acceptors (Lipinski definition) is 4. The summed E-state index contributed by atoms with van der Waals surface area (Å²) in [6.45, 7) is 13.9. The molecule has 0 spiro atoms. The molecule has 1 aliphatic rings. The summed E-state index contributed by atoms with van der Waals surface area (Å²) in [6, 6.07) is 7.95. The minimum Gasteiger partial charge on any atom is -0.444 e. The van der Waals surface area contributed by atoms with Crippen molar-refractivity contribution in [3.8, 4) is 0 Å². The predicted molar refractivity (Wildman–Crippen MR) is 140 cm³/mol. The van der Waals surface area contributed by atoms with Gasteiger partial charge in [0.15, 0.2) is 5.96 Å². The summed E-state index contributed by atoms with van der Waals surface area (Å²) in [5.41, 5.74) is 0.929. The number of nitrogens with one attached hydrogen (secondary N) is 3. The van der Waals surface area contributed by atoms with Crippen LogP contribution >= 0.6 is 24.0 Å². The van der Waals surface area contributed by atoms with Crippen molar-refractivity contribution in [2.45, 2.75) is 72.1 Å². The van der Waals surface area contributed by atoms with E-state index in [1.54, 1.807) is 0 Å². The molecule has 0 aromatic heterocycles. The molecule has 3 N–H and O–H groups in total. The van der Waals surface area contributed by atoms with E-state index in [0.717, 1.165) is 30.8 Å². The smallest absolute Gasteiger partial charge is 0.408 e. The largest absolute Gasteiger partial charge is 0.444 e. The molecule has 2 amide bonds. The highest BCUT2D eigenvalue weighted by molar-refractivity contribution is 14.0. The van der Waals surface area contributed by atoms with E-state index in [1.165, 1.54) is 0 Å². The number of anilines is 1. The molecule has 1 aromatic carbocycles. The minimum absolute atomic E-state index is 0. The van der Waals surface area contributed by atoms with Crippen LogP contribution in [0, 0.1) is 0 Å². The van der Waals surface area contributed by atoms with Crippen LogP contribution in [0.25, 0.3) is 0 Å². The number of halogens is 1. The van der Waals surface area contributed by atoms with Crippen LogP contribution in [-0.4, -0.2) is 48.7 Å². The van der Waals surface area contributed by atoms with Gasteiger partial charge in [0, 0.05) is 31.7 Å². The Morgan fingerprint density at radius 1 is 1.12 bits per heavy atom. The van der Waals surface area contributed by atoms with Crippen molar-refractivity contribution in [2.75, 3.05) is 24.5 Å². The summed E-state index contributed by atoms with van der Waals surface area (Å²) in [6.07, 6.45) is 1.10. The highest BCUT2D eigenvalue weighted by Crippen LogP contribution is 2.21. The molecule has 180 valence electrons. The van der Waals surface area contributed by atoms with Gasteiger partial charge in [0.05, 0.1) is 12.1 Å². The zero-order valence-electron chi connectivity index (χ0n) is 20.1. The zero-order valence-corrected chi connectivity index (χ0v) is 22.4. The number of amides is 2. The maximum atomic E-state index is 12.1. The van der Waals surface area contributed by atoms with Crippen molar-refractivity contribution < 1.29 is 14.3 Å². The van der Waals surface area contributed by atoms with Crippen LogP contribution in [0.15, 0.2) is 29.3 Å². The fraction of sp³-hybridized carbons (Fsp3) is 0.609. The number of benzene rings is 1. The molecule has 8 nitrogen and oxygen atoms in total. The maximum absolute atomic E-state index is 12.1. The predicted octanol–water partition coefficient (Wildman–Crippen LogP) is 3.79. The van der Waals surface area contributed by atoms with Gasteiger partial charge in [0.1, 0.15) is 5.60 Å². The Balaban J connectivity index is 0.00000512. The molecule has 1 aliphatic heterocycles. The fourth-order valence-electron chi connectivity index (χ4n) is 3.14. The van der Waals surface area contributed by atoms with E-state index >= 15 is 0 Å². The number of ether oxygens (including phenoxy) is 1. The molecule has 0 bridgehead atoms. The second-order valence-corrected chi connectivity index (χ2v) is 9.37. The first kappa shape index (κ1) is 28.0. The first-order valence-electron chi connectivity index (χ1n) is 10.9. The van der Waals surface area contributed by atoms with E-state index in [1.807, 2.05) is 70.7 Å². The molecular weight excluding hydrogens is 521 g/mol. The van der Waals surface area contributed by atoms with Gasteiger partial charge in [-0.3, -0.25) is 4.79 Å². The lowest BCUT2D eigenvalue weighted by atomic mass is 10.1. The molecule has 1 heterocycles. The molecule has 9 heteroatoms. The van der Waals surface area contributed by atoms with Crippen LogP contribution in [0.3, 0.4) is 0 Å². The Labute approximate surface area is 209 Å². The average Bonchev–Trinajstić information content (AvgIpc) is 3.08. The summed E-state index contributed by atoms with van der Waals surface area (Å²) < 4.78 is 5.34. The van der Waals surface area contributed by atoms with Crippen molar-refractivity contribution in [1.29, 1.82) is 0 Å². The van der Waals surface area contributed by atoms with Gasteiger partial charge in [0.25, 0.3) is 0 Å². The Morgan fingerprint density at radius 2 is 1.78 bits per heavy atom. The van der Waals surface area contributed by atoms with Crippen LogP contribution in [0.4, 0.5) is 10.5 Å². The first-order chi connectivity index (χ1) is 14.5. The van der Waals surface area contributed by atoms with Gasteiger partial charge < -0.3 is 25.6 Å². The highest BCUT2D eigenvalue weighted by atomic mass is 127. The Morgan fingerprint density at radius 3 is 2.31 bits per heavy atom. The molecule has 0 atom stereocenters. The van der Waals surface area contributed by atoms with Gasteiger partial charge in [-0.15, -0.1) is 24.0 Å². The molecule has 32 heavy (non-hydrogen) atoms. The third-order valence-corrected chi connectivity index (χ3v) is 4.62. The SMILES string of the molecule is CCNC(=NCc1ccc(N2CCCC2=O)cc1)NCC(C)(C)NC(=O)OC(C)(C)C.I. The monoisotopic (exact) mass is 559 g/mol. The topological polar surface area (TPSA) is 95.1 Å². The van der Waals surface area contributed by atoms with E-state index in [9.17, 15) is 9.59 Å². The molecule has 1 saturated heterocycles. The fourth-order valence-corrected chi connectivity index (χ4v) is 3.14. The quantitative estimate of drug-likeness (QED) is 0.269. The number of rotatable bonds is 7. The van der Waals surface area contributed by atoms with Crippen molar-refractivity contribution in [3.05, 3.63) is 29.8 Å². The normalized spacial score (nSPS) is 14.6. The summed E-state index contributed by atoms with van der Waals surface area (Å²) >= 11 is 0. The van der Waals surface area contributed by atoms with E-state index in [-0.39, 0.29) is 29.9 Å². The summed E-state index contributed by atoms with van der Waals surface area (Å²) in [7, 11) is 0. The lowest BCUT2D eigenvalue weighted by molar-refractivity contribution is -0.117. The van der Waals surface area contributed by atoms with E-state index in [4.69, 9.17) is 4.74 Å². The van der Waals surface area contributed by atoms with E-state index in [2.05, 4.69) is 20.9 Å². The van der Waals surface area contributed by atoms with Crippen molar-refractivity contribution in [2.24, 2.45) is 4.99 Å². The number of nitrogens with zero attached hydrogens (tertiary/aromatic N) is 2. The number of guanidine groups is 1. The average molecular weight is 559 g/mol. The number of aliphatic imine (C=N–C) groups is 1. The molecule has 0 aliphatic carbocycles. The summed E-state index contributed by atoms with van der Waals surface area (Å²) in [5, 5.41) is 9.38. The van der Waals surface area contributed by atoms with Crippen molar-refractivity contribution >= 4 is 47.6 Å². The Kier molecular flexibility index (Phi) is 10.7. The minimum atomic E-state index is -0.540. The van der Waals surface area contributed by atoms with Gasteiger partial charge in [-0.2, -0.15) is 0 Å². The van der Waals surface area contributed by atoms with Crippen LogP contribution in [0.2, 0.25) is 0 Å². The third-order valence-electron chi connectivity index (χ3n) is 4.62. The standard InChI is InChI=1S/C23H37N5O3.HI/c1-7-24-20(26-16-23(5,6)27-21(30)31-22(2,3)4)25-15-17-10-12-18(13-11-17)28-14-8-9-19(28)29;/h10-13H,7-9,14-16H2,1-6H3,(H,27,30)(H2,24,25,26);1H. The molecule has 0 saturated carbocycles. The number of carbonyl (C=O) groups is 2. The molecule has 0 radical (unpaired) electrons. The summed E-state index contributed by atoms with van der Waals surface area (Å²) in [5.74, 6) is 0.854. The lowest BCUT2D eigenvalue weighted by Crippen LogP contribution is -2.54. The highest BCUT2D eigenvalue weighted by Gasteiger charge is 2.25. The van der Waals surface area contributed by atoms with Crippen molar-refractivity contribution in [3.63, 3.8) is 0 Å². The van der Waals surface area contributed by atoms with Crippen LogP contribution in [0.5, 0.6) is 0 Å². The van der Waals surface area contributed by atoms with Crippen LogP contribution < -0.4 is 20.9 Å². The second-order valence-electron chi connectivity index (χ2n) is 9.37. The molecule has 1 aromatic rings. The molecular formula is C23H38IN5O3. The van der Waals surface area contributed by atoms with Gasteiger partial charge in [-0.1, -0.05) is 12.1 Å². The van der Waals surface area contributed by atoms with Gasteiger partial charge in [-0.25, -0.2) is 9.79 Å². The number of alkyl carbamates (subject to hydrolysis) is 1. The van der Waals surface area contributed by atoms with Gasteiger partial charge in [0.2, 0.25) is 5.91 Å². The lowest BCUT2D eigenvalue weighted by Gasteiger charge is -2.29. The van der Waals surface area contributed by atoms with Crippen LogP contribution in [0.1, 0.15) is 59.9 Å². The Hall–Kier alpha value is -2.04. The first-order valence-corrected chi connectivity index (χ1v) is 10.9. The van der Waals surface area contributed by atoms with E-state index in [0.29, 0.717) is 25.5 Å². The number of hydrogen-bond donors (Lipinski definition) is 3. The number of carbonyl (C=O) groups excluding carboxylic acids is 2. The maximum Gasteiger partial charge on any atom is 0.408 e. The Bertz CT molecular complexity index is 788. The van der Waals surface area contributed by atoms with Crippen molar-refractivity contribution in [1.82, 2.24) is 16.0 Å².